The molecular weight excluding hydrogens is 396 g/mol. The number of benzene rings is 2. The van der Waals surface area contributed by atoms with E-state index in [-0.39, 0.29) is 0 Å². The molecule has 1 aliphatic heterocycles. The lowest BCUT2D eigenvalue weighted by Gasteiger charge is -2.35. The maximum Gasteiger partial charge on any atom is 0.243 e. The number of aryl methyl sites for hydroxylation is 1. The number of ether oxygens (including phenoxy) is 1. The Balaban J connectivity index is 1.63. The molecule has 28 heavy (non-hydrogen) atoms. The lowest BCUT2D eigenvalue weighted by molar-refractivity contribution is 0.309. The van der Waals surface area contributed by atoms with Crippen molar-refractivity contribution in [3.05, 3.63) is 53.1 Å². The highest BCUT2D eigenvalue weighted by Gasteiger charge is 2.28. The fraction of sp³-hybridized carbons (Fsp3) is 0.429. The number of sulfonamides is 1. The molecule has 1 fully saturated rings. The van der Waals surface area contributed by atoms with Crippen LogP contribution in [0.2, 0.25) is 5.02 Å². The second-order valence-electron chi connectivity index (χ2n) is 7.00. The molecule has 0 saturated carbocycles. The standard InChI is InChI=1S/C21H27ClN2O3S/c1-3-4-15-27-19-7-9-20(10-8-19)28(25,26)24-13-11-23(12-14-24)18-6-5-17(2)21(22)16-18/h5-10,16H,3-4,11-15H2,1-2H3. The van der Waals surface area contributed by atoms with E-state index in [1.54, 1.807) is 28.6 Å². The number of unbranched alkanes of at least 4 members (excludes halogenated alkanes) is 1. The molecule has 0 aromatic heterocycles. The van der Waals surface area contributed by atoms with Crippen molar-refractivity contribution in [2.75, 3.05) is 37.7 Å². The number of hydrogen-bond acceptors (Lipinski definition) is 4. The molecule has 0 N–H and O–H groups in total. The van der Waals surface area contributed by atoms with Gasteiger partial charge in [-0.25, -0.2) is 8.42 Å². The third-order valence-corrected chi connectivity index (χ3v) is 7.31. The quantitative estimate of drug-likeness (QED) is 0.623. The molecule has 2 aromatic carbocycles. The van der Waals surface area contributed by atoms with E-state index in [0.717, 1.165) is 29.1 Å². The fourth-order valence-electron chi connectivity index (χ4n) is 3.16. The molecule has 152 valence electrons. The highest BCUT2D eigenvalue weighted by atomic mass is 35.5. The average Bonchev–Trinajstić information content (AvgIpc) is 2.71. The first kappa shape index (κ1) is 21.0. The lowest BCUT2D eigenvalue weighted by atomic mass is 10.2. The zero-order valence-electron chi connectivity index (χ0n) is 16.4. The van der Waals surface area contributed by atoms with Crippen molar-refractivity contribution in [3.8, 4) is 5.75 Å². The minimum Gasteiger partial charge on any atom is -0.494 e. The molecule has 0 unspecified atom stereocenters. The van der Waals surface area contributed by atoms with Crippen molar-refractivity contribution in [1.29, 1.82) is 0 Å². The van der Waals surface area contributed by atoms with Crippen molar-refractivity contribution in [2.24, 2.45) is 0 Å². The molecule has 0 spiro atoms. The summed E-state index contributed by atoms with van der Waals surface area (Å²) in [5.74, 6) is 0.702. The van der Waals surface area contributed by atoms with Crippen LogP contribution in [0.4, 0.5) is 5.69 Å². The van der Waals surface area contributed by atoms with Crippen molar-refractivity contribution in [2.45, 2.75) is 31.6 Å². The zero-order valence-corrected chi connectivity index (χ0v) is 18.0. The monoisotopic (exact) mass is 422 g/mol. The highest BCUT2D eigenvalue weighted by Crippen LogP contribution is 2.26. The minimum absolute atomic E-state index is 0.308. The van der Waals surface area contributed by atoms with Gasteiger partial charge in [0.05, 0.1) is 11.5 Å². The first-order chi connectivity index (χ1) is 13.4. The van der Waals surface area contributed by atoms with Crippen molar-refractivity contribution < 1.29 is 13.2 Å². The van der Waals surface area contributed by atoms with Gasteiger partial charge in [0.15, 0.2) is 0 Å². The Morgan fingerprint density at radius 1 is 1.04 bits per heavy atom. The summed E-state index contributed by atoms with van der Waals surface area (Å²) >= 11 is 6.22. The molecule has 0 amide bonds. The van der Waals surface area contributed by atoms with Gasteiger partial charge < -0.3 is 9.64 Å². The molecule has 0 aliphatic carbocycles. The van der Waals surface area contributed by atoms with Crippen LogP contribution in [-0.4, -0.2) is 45.5 Å². The van der Waals surface area contributed by atoms with Crippen LogP contribution in [-0.2, 0) is 10.0 Å². The summed E-state index contributed by atoms with van der Waals surface area (Å²) in [6.07, 6.45) is 2.05. The number of hydrogen-bond donors (Lipinski definition) is 0. The van der Waals surface area contributed by atoms with E-state index < -0.39 is 10.0 Å². The van der Waals surface area contributed by atoms with Crippen LogP contribution in [0.25, 0.3) is 0 Å². The van der Waals surface area contributed by atoms with Crippen molar-refractivity contribution in [3.63, 3.8) is 0 Å². The Hall–Kier alpha value is -1.76. The maximum atomic E-state index is 12.9. The van der Waals surface area contributed by atoms with Crippen LogP contribution < -0.4 is 9.64 Å². The topological polar surface area (TPSA) is 49.9 Å². The molecule has 3 rings (SSSR count). The van der Waals surface area contributed by atoms with Gasteiger partial charge in [-0.3, -0.25) is 0 Å². The van der Waals surface area contributed by atoms with Crippen LogP contribution in [0, 0.1) is 6.92 Å². The van der Waals surface area contributed by atoms with Crippen LogP contribution in [0.15, 0.2) is 47.4 Å². The Morgan fingerprint density at radius 2 is 1.71 bits per heavy atom. The summed E-state index contributed by atoms with van der Waals surface area (Å²) in [5.41, 5.74) is 2.06. The van der Waals surface area contributed by atoms with Crippen LogP contribution >= 0.6 is 11.6 Å². The predicted octanol–water partition coefficient (Wildman–Crippen LogP) is 4.34. The van der Waals surface area contributed by atoms with Gasteiger partial charge >= 0.3 is 0 Å². The average molecular weight is 423 g/mol. The minimum atomic E-state index is -3.50. The van der Waals surface area contributed by atoms with Crippen LogP contribution in [0.1, 0.15) is 25.3 Å². The number of anilines is 1. The largest absolute Gasteiger partial charge is 0.494 e. The molecule has 0 radical (unpaired) electrons. The summed E-state index contributed by atoms with van der Waals surface area (Å²) in [6, 6.07) is 12.7. The van der Waals surface area contributed by atoms with E-state index >= 15 is 0 Å². The summed E-state index contributed by atoms with van der Waals surface area (Å²) in [7, 11) is -3.50. The van der Waals surface area contributed by atoms with Crippen LogP contribution in [0.3, 0.4) is 0 Å². The fourth-order valence-corrected chi connectivity index (χ4v) is 4.75. The van der Waals surface area contributed by atoms with Gasteiger partial charge in [0.1, 0.15) is 5.75 Å². The molecule has 0 bridgehead atoms. The number of nitrogens with zero attached hydrogens (tertiary/aromatic N) is 2. The summed E-state index contributed by atoms with van der Waals surface area (Å²) < 4.78 is 33.1. The number of halogens is 1. The Labute approximate surface area is 172 Å². The van der Waals surface area contributed by atoms with Gasteiger partial charge in [-0.1, -0.05) is 31.0 Å². The second-order valence-corrected chi connectivity index (χ2v) is 9.34. The highest BCUT2D eigenvalue weighted by molar-refractivity contribution is 7.89. The molecule has 7 heteroatoms. The molecule has 1 aliphatic rings. The van der Waals surface area contributed by atoms with E-state index in [1.807, 2.05) is 25.1 Å². The molecule has 0 atom stereocenters. The third-order valence-electron chi connectivity index (χ3n) is 4.99. The Kier molecular flexibility index (Phi) is 6.86. The van der Waals surface area contributed by atoms with Gasteiger partial charge in [0.25, 0.3) is 0 Å². The predicted molar refractivity (Wildman–Crippen MR) is 114 cm³/mol. The Morgan fingerprint density at radius 3 is 2.32 bits per heavy atom. The van der Waals surface area contributed by atoms with Gasteiger partial charge in [-0.15, -0.1) is 0 Å². The van der Waals surface area contributed by atoms with Gasteiger partial charge in [-0.05, 0) is 55.3 Å². The van der Waals surface area contributed by atoms with E-state index in [0.29, 0.717) is 43.4 Å². The van der Waals surface area contributed by atoms with Gasteiger partial charge in [0, 0.05) is 36.9 Å². The molecular formula is C21H27ClN2O3S. The SMILES string of the molecule is CCCCOc1ccc(S(=O)(=O)N2CCN(c3ccc(C)c(Cl)c3)CC2)cc1. The molecule has 1 heterocycles. The smallest absolute Gasteiger partial charge is 0.243 e. The van der Waals surface area contributed by atoms with E-state index in [9.17, 15) is 8.42 Å². The summed E-state index contributed by atoms with van der Waals surface area (Å²) in [4.78, 5) is 2.48. The van der Waals surface area contributed by atoms with Gasteiger partial charge in [-0.2, -0.15) is 4.31 Å². The Bertz CT molecular complexity index is 892. The van der Waals surface area contributed by atoms with E-state index in [2.05, 4.69) is 11.8 Å². The van der Waals surface area contributed by atoms with E-state index in [4.69, 9.17) is 16.3 Å². The first-order valence-corrected chi connectivity index (χ1v) is 11.5. The number of rotatable bonds is 7. The maximum absolute atomic E-state index is 12.9. The second kappa shape index (κ2) is 9.16. The molecule has 2 aromatic rings. The zero-order chi connectivity index (χ0) is 20.1. The van der Waals surface area contributed by atoms with Crippen LogP contribution in [0.5, 0.6) is 5.75 Å². The lowest BCUT2D eigenvalue weighted by Crippen LogP contribution is -2.48. The first-order valence-electron chi connectivity index (χ1n) is 9.66. The molecule has 5 nitrogen and oxygen atoms in total. The number of piperazine rings is 1. The van der Waals surface area contributed by atoms with E-state index in [1.165, 1.54) is 0 Å². The third kappa shape index (κ3) is 4.80. The molecule has 1 saturated heterocycles. The summed E-state index contributed by atoms with van der Waals surface area (Å²) in [5, 5.41) is 0.730. The van der Waals surface area contributed by atoms with Crippen molar-refractivity contribution >= 4 is 27.3 Å². The van der Waals surface area contributed by atoms with Crippen molar-refractivity contribution in [1.82, 2.24) is 4.31 Å². The normalized spacial score (nSPS) is 15.6. The summed E-state index contributed by atoms with van der Waals surface area (Å²) in [6.45, 7) is 6.88. The van der Waals surface area contributed by atoms with Gasteiger partial charge in [0.2, 0.25) is 10.0 Å².